The van der Waals surface area contributed by atoms with Crippen LogP contribution in [0.15, 0.2) is 18.2 Å². The molecule has 0 spiro atoms. The molecule has 8 heteroatoms. The van der Waals surface area contributed by atoms with Gasteiger partial charge >= 0.3 is 12.6 Å². The lowest BCUT2D eigenvalue weighted by Gasteiger charge is -2.22. The summed E-state index contributed by atoms with van der Waals surface area (Å²) in [6.45, 7) is 1.17. The SMILES string of the molecule is CCN(C[C@@H](C)C#N)C(=O)Nc1ccc(OC)c(OC(F)F)c1. The Balaban J connectivity index is 2.86. The monoisotopic (exact) mass is 327 g/mol. The van der Waals surface area contributed by atoms with E-state index in [0.717, 1.165) is 0 Å². The van der Waals surface area contributed by atoms with E-state index in [1.54, 1.807) is 13.8 Å². The molecule has 0 saturated carbocycles. The van der Waals surface area contributed by atoms with Crippen molar-refractivity contribution in [2.75, 3.05) is 25.5 Å². The summed E-state index contributed by atoms with van der Waals surface area (Å²) in [6.07, 6.45) is 0. The Labute approximate surface area is 133 Å². The van der Waals surface area contributed by atoms with Gasteiger partial charge in [0.2, 0.25) is 0 Å². The summed E-state index contributed by atoms with van der Waals surface area (Å²) < 4.78 is 34.1. The van der Waals surface area contributed by atoms with Crippen molar-refractivity contribution in [3.05, 3.63) is 18.2 Å². The lowest BCUT2D eigenvalue weighted by atomic mass is 10.2. The molecule has 0 fully saturated rings. The summed E-state index contributed by atoms with van der Waals surface area (Å²) in [4.78, 5) is 13.6. The number of ether oxygens (including phenoxy) is 2. The lowest BCUT2D eigenvalue weighted by Crippen LogP contribution is -2.37. The number of halogens is 2. The summed E-state index contributed by atoms with van der Waals surface area (Å²) in [5.74, 6) is -0.350. The molecule has 126 valence electrons. The summed E-state index contributed by atoms with van der Waals surface area (Å²) in [5, 5.41) is 11.4. The van der Waals surface area contributed by atoms with Gasteiger partial charge in [-0.05, 0) is 26.0 Å². The number of hydrogen-bond acceptors (Lipinski definition) is 4. The molecule has 23 heavy (non-hydrogen) atoms. The Bertz CT molecular complexity index is 576. The van der Waals surface area contributed by atoms with E-state index in [1.807, 2.05) is 0 Å². The van der Waals surface area contributed by atoms with E-state index in [0.29, 0.717) is 6.54 Å². The van der Waals surface area contributed by atoms with Crippen molar-refractivity contribution in [3.8, 4) is 17.6 Å². The van der Waals surface area contributed by atoms with Gasteiger partial charge in [0.1, 0.15) is 0 Å². The molecule has 1 atom stereocenters. The van der Waals surface area contributed by atoms with Crippen LogP contribution < -0.4 is 14.8 Å². The number of anilines is 1. The predicted octanol–water partition coefficient (Wildman–Crippen LogP) is 3.31. The number of alkyl halides is 2. The first-order chi connectivity index (χ1) is 10.9. The molecule has 0 heterocycles. The van der Waals surface area contributed by atoms with Crippen LogP contribution in [0.25, 0.3) is 0 Å². The fraction of sp³-hybridized carbons (Fsp3) is 0.467. The van der Waals surface area contributed by atoms with E-state index in [-0.39, 0.29) is 29.6 Å². The van der Waals surface area contributed by atoms with E-state index < -0.39 is 12.6 Å². The van der Waals surface area contributed by atoms with Gasteiger partial charge in [0.05, 0.1) is 19.1 Å². The zero-order valence-electron chi connectivity index (χ0n) is 13.2. The van der Waals surface area contributed by atoms with Crippen LogP contribution in [0.2, 0.25) is 0 Å². The third-order valence-electron chi connectivity index (χ3n) is 3.01. The molecule has 6 nitrogen and oxygen atoms in total. The molecule has 0 radical (unpaired) electrons. The normalized spacial score (nSPS) is 11.5. The molecule has 0 bridgehead atoms. The summed E-state index contributed by atoms with van der Waals surface area (Å²) in [6, 6.07) is 5.81. The molecule has 1 rings (SSSR count). The van der Waals surface area contributed by atoms with Gasteiger partial charge in [-0.1, -0.05) is 0 Å². The van der Waals surface area contributed by atoms with E-state index in [2.05, 4.69) is 16.1 Å². The molecule has 0 aliphatic heterocycles. The van der Waals surface area contributed by atoms with Gasteiger partial charge in [0.25, 0.3) is 0 Å². The van der Waals surface area contributed by atoms with Crippen molar-refractivity contribution < 1.29 is 23.0 Å². The van der Waals surface area contributed by atoms with Crippen LogP contribution in [0.3, 0.4) is 0 Å². The maximum absolute atomic E-state index is 12.4. The van der Waals surface area contributed by atoms with Crippen LogP contribution >= 0.6 is 0 Å². The fourth-order valence-electron chi connectivity index (χ4n) is 1.87. The second kappa shape index (κ2) is 8.78. The van der Waals surface area contributed by atoms with Crippen molar-refractivity contribution in [2.45, 2.75) is 20.5 Å². The van der Waals surface area contributed by atoms with Gasteiger partial charge < -0.3 is 19.7 Å². The van der Waals surface area contributed by atoms with E-state index in [1.165, 1.54) is 30.2 Å². The average molecular weight is 327 g/mol. The lowest BCUT2D eigenvalue weighted by molar-refractivity contribution is -0.0511. The number of carbonyl (C=O) groups is 1. The van der Waals surface area contributed by atoms with Crippen LogP contribution in [0, 0.1) is 17.2 Å². The van der Waals surface area contributed by atoms with Gasteiger partial charge in [-0.3, -0.25) is 0 Å². The topological polar surface area (TPSA) is 74.6 Å². The summed E-state index contributed by atoms with van der Waals surface area (Å²) >= 11 is 0. The molecule has 0 aliphatic carbocycles. The molecule has 0 saturated heterocycles. The van der Waals surface area contributed by atoms with E-state index in [4.69, 9.17) is 10.00 Å². The van der Waals surface area contributed by atoms with Gasteiger partial charge in [0.15, 0.2) is 11.5 Å². The van der Waals surface area contributed by atoms with Crippen LogP contribution in [0.5, 0.6) is 11.5 Å². The number of urea groups is 1. The van der Waals surface area contributed by atoms with Crippen molar-refractivity contribution >= 4 is 11.7 Å². The number of rotatable bonds is 7. The number of benzene rings is 1. The van der Waals surface area contributed by atoms with Crippen LogP contribution in [0.4, 0.5) is 19.3 Å². The third-order valence-corrected chi connectivity index (χ3v) is 3.01. The maximum Gasteiger partial charge on any atom is 0.387 e. The number of nitriles is 1. The molecule has 0 unspecified atom stereocenters. The minimum absolute atomic E-state index is 0.133. The van der Waals surface area contributed by atoms with Gasteiger partial charge in [0, 0.05) is 24.8 Å². The molecule has 1 aromatic rings. The first kappa shape index (κ1) is 18.5. The predicted molar refractivity (Wildman–Crippen MR) is 80.7 cm³/mol. The van der Waals surface area contributed by atoms with Crippen LogP contribution in [-0.2, 0) is 0 Å². The Morgan fingerprint density at radius 2 is 2.13 bits per heavy atom. The Morgan fingerprint density at radius 3 is 2.65 bits per heavy atom. The number of nitrogens with one attached hydrogen (secondary N) is 1. The van der Waals surface area contributed by atoms with Crippen molar-refractivity contribution in [3.63, 3.8) is 0 Å². The average Bonchev–Trinajstić information content (AvgIpc) is 2.51. The zero-order valence-corrected chi connectivity index (χ0v) is 13.2. The number of hydrogen-bond donors (Lipinski definition) is 1. The molecular formula is C15H19F2N3O3. The largest absolute Gasteiger partial charge is 0.493 e. The van der Waals surface area contributed by atoms with Gasteiger partial charge in [-0.25, -0.2) is 4.79 Å². The Morgan fingerprint density at radius 1 is 1.43 bits per heavy atom. The minimum atomic E-state index is -3.00. The molecule has 0 aromatic heterocycles. The molecular weight excluding hydrogens is 308 g/mol. The van der Waals surface area contributed by atoms with Crippen LogP contribution in [0.1, 0.15) is 13.8 Å². The van der Waals surface area contributed by atoms with Gasteiger partial charge in [-0.15, -0.1) is 0 Å². The Kier molecular flexibility index (Phi) is 7.06. The number of amides is 2. The minimum Gasteiger partial charge on any atom is -0.493 e. The zero-order chi connectivity index (χ0) is 17.4. The van der Waals surface area contributed by atoms with Crippen molar-refractivity contribution in [1.29, 1.82) is 5.26 Å². The molecule has 0 aliphatic rings. The highest BCUT2D eigenvalue weighted by molar-refractivity contribution is 5.89. The van der Waals surface area contributed by atoms with Gasteiger partial charge in [-0.2, -0.15) is 14.0 Å². The highest BCUT2D eigenvalue weighted by Gasteiger charge is 2.16. The van der Waals surface area contributed by atoms with Crippen LogP contribution in [-0.4, -0.2) is 37.7 Å². The van der Waals surface area contributed by atoms with Crippen molar-refractivity contribution in [2.24, 2.45) is 5.92 Å². The van der Waals surface area contributed by atoms with E-state index in [9.17, 15) is 13.6 Å². The highest BCUT2D eigenvalue weighted by Crippen LogP contribution is 2.31. The fourth-order valence-corrected chi connectivity index (χ4v) is 1.87. The first-order valence-corrected chi connectivity index (χ1v) is 6.99. The standard InChI is InChI=1S/C15H19F2N3O3/c1-4-20(9-10(2)8-18)15(21)19-11-5-6-12(22-3)13(7-11)23-14(16)17/h5-7,10,14H,4,9H2,1-3H3,(H,19,21)/t10-/m0/s1. The second-order valence-electron chi connectivity index (χ2n) is 4.74. The van der Waals surface area contributed by atoms with Crippen molar-refractivity contribution in [1.82, 2.24) is 4.90 Å². The molecule has 1 N–H and O–H groups in total. The molecule has 1 aromatic carbocycles. The third kappa shape index (κ3) is 5.62. The smallest absolute Gasteiger partial charge is 0.387 e. The van der Waals surface area contributed by atoms with E-state index >= 15 is 0 Å². The molecule has 2 amide bonds. The summed E-state index contributed by atoms with van der Waals surface area (Å²) in [5.41, 5.74) is 0.287. The highest BCUT2D eigenvalue weighted by atomic mass is 19.3. The first-order valence-electron chi connectivity index (χ1n) is 6.99. The number of methoxy groups -OCH3 is 1. The summed E-state index contributed by atoms with van der Waals surface area (Å²) in [7, 11) is 1.33. The second-order valence-corrected chi connectivity index (χ2v) is 4.74. The number of carbonyl (C=O) groups excluding carboxylic acids is 1. The quantitative estimate of drug-likeness (QED) is 0.834. The Hall–Kier alpha value is -2.56. The maximum atomic E-state index is 12.4. The number of nitrogens with zero attached hydrogens (tertiary/aromatic N) is 2.